The quantitative estimate of drug-likeness (QED) is 0.535. The average Bonchev–Trinajstić information content (AvgIpc) is 3.50. The minimum Gasteiger partial charge on any atom is -0.340 e. The van der Waals surface area contributed by atoms with Crippen molar-refractivity contribution in [2.45, 2.75) is 32.2 Å². The van der Waals surface area contributed by atoms with Crippen molar-refractivity contribution in [2.75, 3.05) is 32.7 Å². The van der Waals surface area contributed by atoms with Gasteiger partial charge in [-0.05, 0) is 36.9 Å². The number of hydrogen-bond donors (Lipinski definition) is 0. The van der Waals surface area contributed by atoms with E-state index < -0.39 is 0 Å². The van der Waals surface area contributed by atoms with Crippen LogP contribution < -0.4 is 0 Å². The fourth-order valence-corrected chi connectivity index (χ4v) is 4.17. The van der Waals surface area contributed by atoms with Crippen molar-refractivity contribution in [3.8, 4) is 10.7 Å². The van der Waals surface area contributed by atoms with E-state index in [1.807, 2.05) is 39.4 Å². The van der Waals surface area contributed by atoms with Gasteiger partial charge in [0.15, 0.2) is 0 Å². The lowest BCUT2D eigenvalue weighted by Crippen LogP contribution is -2.48. The van der Waals surface area contributed by atoms with Crippen LogP contribution in [0.3, 0.4) is 0 Å². The van der Waals surface area contributed by atoms with E-state index in [1.54, 1.807) is 17.5 Å². The molecule has 0 spiro atoms. The lowest BCUT2D eigenvalue weighted by Gasteiger charge is -2.34. The Hall–Kier alpha value is -2.52. The number of thiophene rings is 1. The van der Waals surface area contributed by atoms with E-state index in [2.05, 4.69) is 20.1 Å². The molecule has 0 bridgehead atoms. The molecule has 0 N–H and O–H groups in total. The van der Waals surface area contributed by atoms with Crippen LogP contribution in [0.5, 0.6) is 0 Å². The molecule has 8 nitrogen and oxygen atoms in total. The molecule has 0 aromatic carbocycles. The molecule has 1 aliphatic heterocycles. The van der Waals surface area contributed by atoms with Crippen LogP contribution in [-0.2, 0) is 17.8 Å². The predicted octanol–water partition coefficient (Wildman–Crippen LogP) is 2.55. The van der Waals surface area contributed by atoms with Gasteiger partial charge in [-0.3, -0.25) is 14.4 Å². The molecule has 4 rings (SSSR count). The number of hydrogen-bond acceptors (Lipinski definition) is 7. The topological polar surface area (TPSA) is 80.3 Å². The van der Waals surface area contributed by atoms with Crippen molar-refractivity contribution in [3.05, 3.63) is 41.9 Å². The molecule has 1 saturated heterocycles. The zero-order chi connectivity index (χ0) is 19.9. The van der Waals surface area contributed by atoms with Crippen molar-refractivity contribution >= 4 is 17.2 Å². The van der Waals surface area contributed by atoms with E-state index in [-0.39, 0.29) is 5.91 Å². The van der Waals surface area contributed by atoms with E-state index in [0.29, 0.717) is 18.1 Å². The van der Waals surface area contributed by atoms with Crippen molar-refractivity contribution < 1.29 is 9.32 Å². The zero-order valence-electron chi connectivity index (χ0n) is 16.4. The van der Waals surface area contributed by atoms with Crippen LogP contribution in [0.25, 0.3) is 10.7 Å². The summed E-state index contributed by atoms with van der Waals surface area (Å²) in [6, 6.07) is 5.89. The number of carbonyl (C=O) groups excluding carboxylic acids is 1. The first-order valence-electron chi connectivity index (χ1n) is 10.1. The predicted molar refractivity (Wildman–Crippen MR) is 110 cm³/mol. The summed E-state index contributed by atoms with van der Waals surface area (Å²) in [6.45, 7) is 5.25. The normalized spacial score (nSPS) is 15.1. The number of aromatic nitrogens is 4. The number of rotatable bonds is 9. The van der Waals surface area contributed by atoms with Gasteiger partial charge in [0.05, 0.1) is 4.88 Å². The summed E-state index contributed by atoms with van der Waals surface area (Å²) < 4.78 is 7.23. The summed E-state index contributed by atoms with van der Waals surface area (Å²) in [7, 11) is 0. The van der Waals surface area contributed by atoms with Gasteiger partial charge in [-0.15, -0.1) is 11.3 Å². The highest BCUT2D eigenvalue weighted by atomic mass is 32.1. The summed E-state index contributed by atoms with van der Waals surface area (Å²) in [5.41, 5.74) is 0. The Balaban J connectivity index is 1.12. The first-order chi connectivity index (χ1) is 14.3. The van der Waals surface area contributed by atoms with E-state index in [0.717, 1.165) is 63.4 Å². The minimum atomic E-state index is 0.253. The molecule has 9 heteroatoms. The number of amides is 1. The molecule has 1 amide bonds. The number of nitrogens with zero attached hydrogens (tertiary/aromatic N) is 6. The maximum Gasteiger partial charge on any atom is 0.227 e. The molecule has 0 unspecified atom stereocenters. The van der Waals surface area contributed by atoms with Crippen LogP contribution in [0.2, 0.25) is 0 Å². The Morgan fingerprint density at radius 3 is 2.79 bits per heavy atom. The Labute approximate surface area is 174 Å². The molecule has 0 saturated carbocycles. The van der Waals surface area contributed by atoms with Gasteiger partial charge in [0.2, 0.25) is 17.6 Å². The van der Waals surface area contributed by atoms with Crippen molar-refractivity contribution in [1.29, 1.82) is 0 Å². The van der Waals surface area contributed by atoms with Crippen LogP contribution >= 0.6 is 11.3 Å². The van der Waals surface area contributed by atoms with Gasteiger partial charge < -0.3 is 9.42 Å². The van der Waals surface area contributed by atoms with Gasteiger partial charge in [0.1, 0.15) is 0 Å². The lowest BCUT2D eigenvalue weighted by molar-refractivity contribution is -0.133. The molecule has 1 fully saturated rings. The second-order valence-corrected chi connectivity index (χ2v) is 8.14. The van der Waals surface area contributed by atoms with Crippen LogP contribution in [-0.4, -0.2) is 68.4 Å². The van der Waals surface area contributed by atoms with E-state index >= 15 is 0 Å². The Kier molecular flexibility index (Phi) is 6.68. The highest BCUT2D eigenvalue weighted by Crippen LogP contribution is 2.21. The minimum absolute atomic E-state index is 0.253. The summed E-state index contributed by atoms with van der Waals surface area (Å²) in [6.07, 6.45) is 6.87. The first kappa shape index (κ1) is 19.8. The molecule has 0 atom stereocenters. The molecule has 4 heterocycles. The fourth-order valence-electron chi connectivity index (χ4n) is 3.52. The summed E-state index contributed by atoms with van der Waals surface area (Å²) >= 11 is 1.61. The van der Waals surface area contributed by atoms with Crippen LogP contribution in [0.4, 0.5) is 0 Å². The van der Waals surface area contributed by atoms with Crippen LogP contribution in [0.15, 0.2) is 40.5 Å². The van der Waals surface area contributed by atoms with Crippen molar-refractivity contribution in [3.63, 3.8) is 0 Å². The molecule has 0 radical (unpaired) electrons. The highest BCUT2D eigenvalue weighted by Gasteiger charge is 2.20. The summed E-state index contributed by atoms with van der Waals surface area (Å²) in [4.78, 5) is 22.3. The monoisotopic (exact) mass is 414 g/mol. The SMILES string of the molecule is O=C(CCCn1cccn1)N1CCN(CCCc2nc(-c3cccs3)no2)CC1. The van der Waals surface area contributed by atoms with Crippen LogP contribution in [0.1, 0.15) is 25.2 Å². The zero-order valence-corrected chi connectivity index (χ0v) is 17.3. The Morgan fingerprint density at radius 1 is 1.14 bits per heavy atom. The van der Waals surface area contributed by atoms with Crippen molar-refractivity contribution in [1.82, 2.24) is 29.7 Å². The Bertz CT molecular complexity index is 869. The fraction of sp³-hybridized carbons (Fsp3) is 0.500. The van der Waals surface area contributed by atoms with Gasteiger partial charge in [-0.2, -0.15) is 10.1 Å². The number of piperazine rings is 1. The summed E-state index contributed by atoms with van der Waals surface area (Å²) in [5, 5.41) is 10.2. The molecular weight excluding hydrogens is 388 g/mol. The summed E-state index contributed by atoms with van der Waals surface area (Å²) in [5.74, 6) is 1.62. The maximum absolute atomic E-state index is 12.4. The first-order valence-corrected chi connectivity index (χ1v) is 11.0. The van der Waals surface area contributed by atoms with Gasteiger partial charge in [0.25, 0.3) is 0 Å². The lowest BCUT2D eigenvalue weighted by atomic mass is 10.2. The second kappa shape index (κ2) is 9.80. The largest absolute Gasteiger partial charge is 0.340 e. The van der Waals surface area contributed by atoms with E-state index in [1.165, 1.54) is 0 Å². The number of aryl methyl sites for hydroxylation is 2. The third-order valence-corrected chi connectivity index (χ3v) is 6.00. The third kappa shape index (κ3) is 5.51. The van der Waals surface area contributed by atoms with E-state index in [9.17, 15) is 4.79 Å². The molecule has 29 heavy (non-hydrogen) atoms. The molecule has 154 valence electrons. The number of carbonyl (C=O) groups is 1. The van der Waals surface area contributed by atoms with Gasteiger partial charge in [0, 0.05) is 58.0 Å². The molecule has 3 aromatic heterocycles. The van der Waals surface area contributed by atoms with Gasteiger partial charge in [-0.25, -0.2) is 0 Å². The van der Waals surface area contributed by atoms with E-state index in [4.69, 9.17) is 4.52 Å². The Morgan fingerprint density at radius 2 is 2.03 bits per heavy atom. The third-order valence-electron chi connectivity index (χ3n) is 5.14. The second-order valence-electron chi connectivity index (χ2n) is 7.19. The molecule has 3 aromatic rings. The maximum atomic E-state index is 12.4. The van der Waals surface area contributed by atoms with Crippen molar-refractivity contribution in [2.24, 2.45) is 0 Å². The highest BCUT2D eigenvalue weighted by molar-refractivity contribution is 7.13. The molecular formula is C20H26N6O2S. The van der Waals surface area contributed by atoms with Crippen LogP contribution in [0, 0.1) is 0 Å². The molecule has 1 aliphatic rings. The average molecular weight is 415 g/mol. The smallest absolute Gasteiger partial charge is 0.227 e. The standard InChI is InChI=1S/C20H26N6O2S/c27-19(7-2-10-26-11-4-8-21-26)25-14-12-24(13-15-25)9-1-6-18-22-20(23-28-18)17-5-3-16-29-17/h3-5,8,11,16H,1-2,6-7,9-10,12-15H2. The molecule has 0 aliphatic carbocycles. The van der Waals surface area contributed by atoms with Gasteiger partial charge >= 0.3 is 0 Å². The van der Waals surface area contributed by atoms with Gasteiger partial charge in [-0.1, -0.05) is 11.2 Å².